The van der Waals surface area contributed by atoms with Crippen LogP contribution in [0.1, 0.15) is 10.5 Å². The summed E-state index contributed by atoms with van der Waals surface area (Å²) in [7, 11) is 1.58. The van der Waals surface area contributed by atoms with Gasteiger partial charge in [-0.3, -0.25) is 4.79 Å². The van der Waals surface area contributed by atoms with E-state index in [0.29, 0.717) is 11.4 Å². The van der Waals surface area contributed by atoms with Gasteiger partial charge in [-0.25, -0.2) is 4.98 Å². The Balaban J connectivity index is 0.00000128. The zero-order valence-corrected chi connectivity index (χ0v) is 9.71. The van der Waals surface area contributed by atoms with Gasteiger partial charge in [0, 0.05) is 26.3 Å². The van der Waals surface area contributed by atoms with Gasteiger partial charge in [-0.15, -0.1) is 12.4 Å². The Bertz CT molecular complexity index is 369. The van der Waals surface area contributed by atoms with Gasteiger partial charge in [0.2, 0.25) is 0 Å². The number of hydrogen-bond donors (Lipinski definition) is 2. The van der Waals surface area contributed by atoms with E-state index in [2.05, 4.69) is 15.6 Å². The van der Waals surface area contributed by atoms with E-state index < -0.39 is 0 Å². The van der Waals surface area contributed by atoms with Crippen molar-refractivity contribution in [2.45, 2.75) is 6.10 Å². The average Bonchev–Trinajstić information content (AvgIpc) is 2.23. The molecule has 0 spiro atoms. The number of halogens is 1. The summed E-state index contributed by atoms with van der Waals surface area (Å²) in [6, 6.07) is 3.52. The molecule has 2 N–H and O–H groups in total. The second kappa shape index (κ2) is 5.67. The molecule has 88 valence electrons. The third-order valence-electron chi connectivity index (χ3n) is 2.25. The lowest BCUT2D eigenvalue weighted by molar-refractivity contribution is 0.0941. The highest BCUT2D eigenvalue weighted by atomic mass is 35.5. The number of aromatic nitrogens is 1. The van der Waals surface area contributed by atoms with Crippen LogP contribution in [0.25, 0.3) is 0 Å². The number of ether oxygens (including phenoxy) is 1. The first-order valence-corrected chi connectivity index (χ1v) is 4.85. The van der Waals surface area contributed by atoms with Crippen LogP contribution < -0.4 is 15.4 Å². The summed E-state index contributed by atoms with van der Waals surface area (Å²) in [5.41, 5.74) is 0.340. The second-order valence-electron chi connectivity index (χ2n) is 3.33. The molecule has 1 aliphatic heterocycles. The van der Waals surface area contributed by atoms with Crippen LogP contribution in [0.2, 0.25) is 0 Å². The van der Waals surface area contributed by atoms with Crippen molar-refractivity contribution in [2.24, 2.45) is 0 Å². The highest BCUT2D eigenvalue weighted by Crippen LogP contribution is 2.17. The molecule has 1 aliphatic rings. The lowest BCUT2D eigenvalue weighted by Crippen LogP contribution is -2.50. The summed E-state index contributed by atoms with van der Waals surface area (Å²) < 4.78 is 5.62. The summed E-state index contributed by atoms with van der Waals surface area (Å²) in [6.07, 6.45) is 1.73. The Kier molecular flexibility index (Phi) is 4.52. The Morgan fingerprint density at radius 3 is 2.94 bits per heavy atom. The fourth-order valence-electron chi connectivity index (χ4n) is 1.30. The maximum absolute atomic E-state index is 11.5. The van der Waals surface area contributed by atoms with E-state index in [1.165, 1.54) is 0 Å². The summed E-state index contributed by atoms with van der Waals surface area (Å²) in [4.78, 5) is 15.5. The van der Waals surface area contributed by atoms with Crippen molar-refractivity contribution in [1.82, 2.24) is 15.6 Å². The van der Waals surface area contributed by atoms with Gasteiger partial charge >= 0.3 is 0 Å². The van der Waals surface area contributed by atoms with Crippen molar-refractivity contribution in [3.8, 4) is 5.75 Å². The van der Waals surface area contributed by atoms with Gasteiger partial charge < -0.3 is 15.4 Å². The molecule has 0 radical (unpaired) electrons. The highest BCUT2D eigenvalue weighted by molar-refractivity contribution is 5.94. The normalized spacial score (nSPS) is 14.6. The van der Waals surface area contributed by atoms with Crippen LogP contribution in [0.15, 0.2) is 18.3 Å². The molecule has 16 heavy (non-hydrogen) atoms. The number of rotatable bonds is 3. The first-order valence-electron chi connectivity index (χ1n) is 4.85. The average molecular weight is 244 g/mol. The first kappa shape index (κ1) is 12.7. The maximum Gasteiger partial charge on any atom is 0.273 e. The molecular formula is C10H14ClN3O2. The summed E-state index contributed by atoms with van der Waals surface area (Å²) >= 11 is 0. The predicted octanol–water partition coefficient (Wildman–Crippen LogP) is 0.214. The molecule has 0 aliphatic carbocycles. The molecule has 0 aromatic carbocycles. The third-order valence-corrected chi connectivity index (χ3v) is 2.25. The van der Waals surface area contributed by atoms with E-state index in [9.17, 15) is 4.79 Å². The Labute approximate surface area is 100.0 Å². The van der Waals surface area contributed by atoms with Crippen LogP contribution in [0.5, 0.6) is 5.75 Å². The summed E-state index contributed by atoms with van der Waals surface area (Å²) in [5.74, 6) is 0.321. The van der Waals surface area contributed by atoms with Gasteiger partial charge in [-0.2, -0.15) is 0 Å². The molecule has 2 rings (SSSR count). The minimum atomic E-state index is -0.224. The van der Waals surface area contributed by atoms with Crippen LogP contribution >= 0.6 is 12.4 Å². The van der Waals surface area contributed by atoms with Gasteiger partial charge in [0.05, 0.1) is 0 Å². The van der Waals surface area contributed by atoms with Crippen LogP contribution in [0.3, 0.4) is 0 Å². The number of carbonyl (C=O) groups excluding carboxylic acids is 1. The second-order valence-corrected chi connectivity index (χ2v) is 3.33. The van der Waals surface area contributed by atoms with E-state index >= 15 is 0 Å². The van der Waals surface area contributed by atoms with E-state index in [1.54, 1.807) is 25.4 Å². The van der Waals surface area contributed by atoms with E-state index in [0.717, 1.165) is 13.1 Å². The molecule has 0 atom stereocenters. The molecule has 1 aromatic heterocycles. The Morgan fingerprint density at radius 2 is 2.38 bits per heavy atom. The lowest BCUT2D eigenvalue weighted by Gasteiger charge is -2.28. The number of nitrogens with one attached hydrogen (secondary N) is 2. The van der Waals surface area contributed by atoms with Crippen molar-refractivity contribution in [3.05, 3.63) is 24.0 Å². The van der Waals surface area contributed by atoms with Crippen molar-refractivity contribution in [1.29, 1.82) is 0 Å². The topological polar surface area (TPSA) is 63.2 Å². The van der Waals surface area contributed by atoms with E-state index in [4.69, 9.17) is 4.74 Å². The van der Waals surface area contributed by atoms with Crippen LogP contribution in [0, 0.1) is 0 Å². The summed E-state index contributed by atoms with van der Waals surface area (Å²) in [6.45, 7) is 1.64. The monoisotopic (exact) mass is 243 g/mol. The molecule has 2 heterocycles. The Hall–Kier alpha value is -1.33. The predicted molar refractivity (Wildman–Crippen MR) is 62.2 cm³/mol. The van der Waals surface area contributed by atoms with Crippen molar-refractivity contribution in [3.63, 3.8) is 0 Å². The third kappa shape index (κ3) is 2.62. The lowest BCUT2D eigenvalue weighted by atomic mass is 10.2. The first-order chi connectivity index (χ1) is 7.31. The smallest absolute Gasteiger partial charge is 0.273 e. The minimum absolute atomic E-state index is 0. The molecule has 0 unspecified atom stereocenters. The van der Waals surface area contributed by atoms with E-state index in [1.807, 2.05) is 0 Å². The maximum atomic E-state index is 11.5. The van der Waals surface area contributed by atoms with Crippen molar-refractivity contribution < 1.29 is 9.53 Å². The molecule has 6 heteroatoms. The fraction of sp³-hybridized carbons (Fsp3) is 0.400. The van der Waals surface area contributed by atoms with Gasteiger partial charge in [0.15, 0.2) is 11.4 Å². The van der Waals surface area contributed by atoms with Crippen molar-refractivity contribution in [2.75, 3.05) is 20.1 Å². The van der Waals surface area contributed by atoms with E-state index in [-0.39, 0.29) is 24.4 Å². The van der Waals surface area contributed by atoms with Crippen molar-refractivity contribution >= 4 is 18.3 Å². The molecule has 1 saturated heterocycles. The molecule has 1 amide bonds. The SMILES string of the molecule is CNC(=O)c1ncccc1OC1CNC1.Cl. The number of amides is 1. The van der Waals surface area contributed by atoms with Crippen LogP contribution in [-0.4, -0.2) is 37.1 Å². The Morgan fingerprint density at radius 1 is 1.62 bits per heavy atom. The molecule has 0 saturated carbocycles. The number of hydrogen-bond acceptors (Lipinski definition) is 4. The molecule has 1 fully saturated rings. The van der Waals surface area contributed by atoms with Gasteiger partial charge in [0.1, 0.15) is 6.10 Å². The molecule has 0 bridgehead atoms. The van der Waals surface area contributed by atoms with Gasteiger partial charge in [-0.1, -0.05) is 0 Å². The van der Waals surface area contributed by atoms with Gasteiger partial charge in [0.25, 0.3) is 5.91 Å². The zero-order chi connectivity index (χ0) is 10.7. The zero-order valence-electron chi connectivity index (χ0n) is 8.90. The van der Waals surface area contributed by atoms with Crippen LogP contribution in [-0.2, 0) is 0 Å². The highest BCUT2D eigenvalue weighted by Gasteiger charge is 2.21. The standard InChI is InChI=1S/C10H13N3O2.ClH/c1-11-10(14)9-8(3-2-4-13-9)15-7-5-12-6-7;/h2-4,7,12H,5-6H2,1H3,(H,11,14);1H. The number of nitrogens with zero attached hydrogens (tertiary/aromatic N) is 1. The molecular weight excluding hydrogens is 230 g/mol. The van der Waals surface area contributed by atoms with Gasteiger partial charge in [-0.05, 0) is 12.1 Å². The molecule has 1 aromatic rings. The fourth-order valence-corrected chi connectivity index (χ4v) is 1.30. The quantitative estimate of drug-likeness (QED) is 0.797. The minimum Gasteiger partial charge on any atom is -0.485 e. The molecule has 5 nitrogen and oxygen atoms in total. The van der Waals surface area contributed by atoms with Crippen LogP contribution in [0.4, 0.5) is 0 Å². The largest absolute Gasteiger partial charge is 0.485 e. The number of pyridine rings is 1. The number of carbonyl (C=O) groups is 1. The summed E-state index contributed by atoms with van der Waals surface area (Å²) in [5, 5.41) is 5.63.